The second kappa shape index (κ2) is 8.04. The Hall–Kier alpha value is -3.58. The smallest absolute Gasteiger partial charge is 0.164 e. The standard InChI is InChI=1S/C23H20N6S/c1-29-13-12-25-20(29)9-11-26-22-18-14-19(16-6-3-2-4-7-16)30-23(18)28-21(27-22)17-8-5-10-24-15-17/h2-8,10,12-15H,9,11H2,1H3,(H,26,27,28). The topological polar surface area (TPSA) is 68.5 Å². The van der Waals surface area contributed by atoms with Gasteiger partial charge in [0.1, 0.15) is 16.5 Å². The van der Waals surface area contributed by atoms with Crippen molar-refractivity contribution in [2.75, 3.05) is 11.9 Å². The molecule has 0 spiro atoms. The highest BCUT2D eigenvalue weighted by Crippen LogP contribution is 2.36. The highest BCUT2D eigenvalue weighted by molar-refractivity contribution is 7.21. The molecule has 1 aromatic carbocycles. The van der Waals surface area contributed by atoms with Crippen LogP contribution in [0.1, 0.15) is 5.82 Å². The summed E-state index contributed by atoms with van der Waals surface area (Å²) in [5, 5.41) is 4.54. The van der Waals surface area contributed by atoms with Crippen molar-refractivity contribution in [1.29, 1.82) is 0 Å². The predicted octanol–water partition coefficient (Wildman–Crippen LogP) is 4.81. The van der Waals surface area contributed by atoms with Gasteiger partial charge in [-0.3, -0.25) is 4.98 Å². The summed E-state index contributed by atoms with van der Waals surface area (Å²) in [6.07, 6.45) is 8.15. The van der Waals surface area contributed by atoms with Crippen LogP contribution in [0, 0.1) is 0 Å². The molecule has 0 saturated heterocycles. The number of nitrogens with zero attached hydrogens (tertiary/aromatic N) is 5. The molecule has 0 saturated carbocycles. The molecule has 148 valence electrons. The molecule has 0 aliphatic heterocycles. The van der Waals surface area contributed by atoms with E-state index in [9.17, 15) is 0 Å². The van der Waals surface area contributed by atoms with Gasteiger partial charge in [0.15, 0.2) is 5.82 Å². The molecule has 0 amide bonds. The minimum absolute atomic E-state index is 0.677. The molecule has 0 aliphatic rings. The number of rotatable bonds is 6. The van der Waals surface area contributed by atoms with Crippen LogP contribution in [-0.2, 0) is 13.5 Å². The van der Waals surface area contributed by atoms with Crippen LogP contribution in [0.3, 0.4) is 0 Å². The van der Waals surface area contributed by atoms with Crippen LogP contribution in [0.15, 0.2) is 73.3 Å². The number of benzene rings is 1. The van der Waals surface area contributed by atoms with Crippen LogP contribution in [-0.4, -0.2) is 31.0 Å². The summed E-state index contributed by atoms with van der Waals surface area (Å²) in [4.78, 5) is 20.4. The molecule has 0 atom stereocenters. The van der Waals surface area contributed by atoms with E-state index >= 15 is 0 Å². The fourth-order valence-corrected chi connectivity index (χ4v) is 4.39. The van der Waals surface area contributed by atoms with Gasteiger partial charge in [0.2, 0.25) is 0 Å². The van der Waals surface area contributed by atoms with Gasteiger partial charge in [0.25, 0.3) is 0 Å². The summed E-state index contributed by atoms with van der Waals surface area (Å²) >= 11 is 1.68. The predicted molar refractivity (Wildman–Crippen MR) is 121 cm³/mol. The molecule has 5 aromatic rings. The molecule has 0 unspecified atom stereocenters. The normalized spacial score (nSPS) is 11.1. The molecule has 4 aromatic heterocycles. The minimum Gasteiger partial charge on any atom is -0.369 e. The molecular weight excluding hydrogens is 392 g/mol. The number of aryl methyl sites for hydroxylation is 1. The Bertz CT molecular complexity index is 1280. The van der Waals surface area contributed by atoms with E-state index in [1.54, 1.807) is 23.7 Å². The van der Waals surface area contributed by atoms with Gasteiger partial charge in [-0.25, -0.2) is 15.0 Å². The Morgan fingerprint density at radius 1 is 1.00 bits per heavy atom. The molecule has 0 bridgehead atoms. The van der Waals surface area contributed by atoms with E-state index in [-0.39, 0.29) is 0 Å². The van der Waals surface area contributed by atoms with Gasteiger partial charge in [-0.05, 0) is 23.8 Å². The van der Waals surface area contributed by atoms with Crippen LogP contribution in [0.4, 0.5) is 5.82 Å². The Morgan fingerprint density at radius 2 is 1.87 bits per heavy atom. The van der Waals surface area contributed by atoms with Crippen molar-refractivity contribution in [2.45, 2.75) is 6.42 Å². The van der Waals surface area contributed by atoms with Crippen molar-refractivity contribution in [3.8, 4) is 21.8 Å². The highest BCUT2D eigenvalue weighted by Gasteiger charge is 2.14. The van der Waals surface area contributed by atoms with Crippen molar-refractivity contribution >= 4 is 27.4 Å². The zero-order chi connectivity index (χ0) is 20.3. The van der Waals surface area contributed by atoms with Crippen molar-refractivity contribution in [3.63, 3.8) is 0 Å². The number of anilines is 1. The summed E-state index contributed by atoms with van der Waals surface area (Å²) < 4.78 is 2.04. The van der Waals surface area contributed by atoms with Crippen LogP contribution < -0.4 is 5.32 Å². The van der Waals surface area contributed by atoms with E-state index in [1.165, 1.54) is 10.4 Å². The van der Waals surface area contributed by atoms with Crippen LogP contribution in [0.25, 0.3) is 32.0 Å². The Kier molecular flexibility index (Phi) is 4.94. The molecule has 0 aliphatic carbocycles. The van der Waals surface area contributed by atoms with Gasteiger partial charge < -0.3 is 9.88 Å². The average Bonchev–Trinajstić information content (AvgIpc) is 3.41. The second-order valence-electron chi connectivity index (χ2n) is 6.96. The van der Waals surface area contributed by atoms with Gasteiger partial charge in [-0.15, -0.1) is 11.3 Å². The summed E-state index contributed by atoms with van der Waals surface area (Å²) in [6, 6.07) is 16.4. The van der Waals surface area contributed by atoms with Gasteiger partial charge in [0, 0.05) is 55.2 Å². The maximum atomic E-state index is 4.84. The number of hydrogen-bond donors (Lipinski definition) is 1. The lowest BCUT2D eigenvalue weighted by Gasteiger charge is -2.09. The number of thiophene rings is 1. The maximum Gasteiger partial charge on any atom is 0.164 e. The largest absolute Gasteiger partial charge is 0.369 e. The maximum absolute atomic E-state index is 4.84. The van der Waals surface area contributed by atoms with Crippen LogP contribution >= 0.6 is 11.3 Å². The molecule has 7 heteroatoms. The Balaban J connectivity index is 1.53. The summed E-state index contributed by atoms with van der Waals surface area (Å²) in [5.41, 5.74) is 2.09. The third-order valence-corrected chi connectivity index (χ3v) is 6.01. The monoisotopic (exact) mass is 412 g/mol. The fourth-order valence-electron chi connectivity index (χ4n) is 3.36. The number of pyridine rings is 1. The number of nitrogens with one attached hydrogen (secondary N) is 1. The molecular formula is C23H20N6S. The van der Waals surface area contributed by atoms with Crippen LogP contribution in [0.2, 0.25) is 0 Å². The first kappa shape index (κ1) is 18.4. The van der Waals surface area contributed by atoms with Gasteiger partial charge in [-0.2, -0.15) is 0 Å². The zero-order valence-electron chi connectivity index (χ0n) is 16.5. The third kappa shape index (κ3) is 3.67. The van der Waals surface area contributed by atoms with E-state index in [4.69, 9.17) is 9.97 Å². The third-order valence-electron chi connectivity index (χ3n) is 4.93. The number of fused-ring (bicyclic) bond motifs is 1. The van der Waals surface area contributed by atoms with E-state index in [0.717, 1.165) is 40.4 Å². The Morgan fingerprint density at radius 3 is 2.63 bits per heavy atom. The van der Waals surface area contributed by atoms with E-state index < -0.39 is 0 Å². The lowest BCUT2D eigenvalue weighted by molar-refractivity contribution is 0.789. The first-order valence-electron chi connectivity index (χ1n) is 9.75. The lowest BCUT2D eigenvalue weighted by atomic mass is 10.2. The Labute approximate surface area is 178 Å². The van der Waals surface area contributed by atoms with Crippen molar-refractivity contribution in [3.05, 3.63) is 79.1 Å². The van der Waals surface area contributed by atoms with Crippen molar-refractivity contribution in [2.24, 2.45) is 7.05 Å². The molecule has 6 nitrogen and oxygen atoms in total. The number of aromatic nitrogens is 5. The van der Waals surface area contributed by atoms with Gasteiger partial charge >= 0.3 is 0 Å². The van der Waals surface area contributed by atoms with Crippen molar-refractivity contribution in [1.82, 2.24) is 24.5 Å². The van der Waals surface area contributed by atoms with Crippen molar-refractivity contribution < 1.29 is 0 Å². The lowest BCUT2D eigenvalue weighted by Crippen LogP contribution is -2.10. The summed E-state index contributed by atoms with van der Waals surface area (Å²) in [6.45, 7) is 0.736. The summed E-state index contributed by atoms with van der Waals surface area (Å²) in [5.74, 6) is 2.55. The number of hydrogen-bond acceptors (Lipinski definition) is 6. The molecule has 0 fully saturated rings. The zero-order valence-corrected chi connectivity index (χ0v) is 17.3. The quantitative estimate of drug-likeness (QED) is 0.433. The second-order valence-corrected chi connectivity index (χ2v) is 7.99. The van der Waals surface area contributed by atoms with Gasteiger partial charge in [-0.1, -0.05) is 30.3 Å². The molecule has 4 heterocycles. The molecule has 5 rings (SSSR count). The minimum atomic E-state index is 0.677. The summed E-state index contributed by atoms with van der Waals surface area (Å²) in [7, 11) is 2.01. The number of imidazole rings is 1. The van der Waals surface area contributed by atoms with Gasteiger partial charge in [0.05, 0.1) is 5.39 Å². The first-order valence-corrected chi connectivity index (χ1v) is 10.6. The SMILES string of the molecule is Cn1ccnc1CCNc1nc(-c2cccnc2)nc2sc(-c3ccccc3)cc12. The molecule has 30 heavy (non-hydrogen) atoms. The first-order chi connectivity index (χ1) is 14.8. The average molecular weight is 413 g/mol. The van der Waals surface area contributed by atoms with E-state index in [2.05, 4.69) is 45.6 Å². The fraction of sp³-hybridized carbons (Fsp3) is 0.130. The van der Waals surface area contributed by atoms with E-state index in [1.807, 2.05) is 42.2 Å². The molecule has 0 radical (unpaired) electrons. The highest BCUT2D eigenvalue weighted by atomic mass is 32.1. The molecule has 1 N–H and O–H groups in total. The van der Waals surface area contributed by atoms with E-state index in [0.29, 0.717) is 5.82 Å². The van der Waals surface area contributed by atoms with Crippen LogP contribution in [0.5, 0.6) is 0 Å².